The van der Waals surface area contributed by atoms with E-state index in [9.17, 15) is 5.11 Å². The first kappa shape index (κ1) is 29.0. The fraction of sp³-hybridized carbons (Fsp3) is 0.314. The molecule has 0 radical (unpaired) electrons. The number of hydrogen-bond acceptors (Lipinski definition) is 3. The van der Waals surface area contributed by atoms with Crippen molar-refractivity contribution in [2.45, 2.75) is 64.5 Å². The van der Waals surface area contributed by atoms with E-state index in [4.69, 9.17) is 4.43 Å². The van der Waals surface area contributed by atoms with E-state index in [1.54, 1.807) is 0 Å². The molecule has 4 rings (SSSR count). The second-order valence-electron chi connectivity index (χ2n) is 12.1. The van der Waals surface area contributed by atoms with Gasteiger partial charge in [-0.05, 0) is 40.4 Å². The molecule has 39 heavy (non-hydrogen) atoms. The third kappa shape index (κ3) is 7.14. The molecular weight excluding hydrogens is 494 g/mol. The summed E-state index contributed by atoms with van der Waals surface area (Å²) in [4.78, 5) is 2.41. The lowest BCUT2D eigenvalue weighted by Gasteiger charge is -2.48. The van der Waals surface area contributed by atoms with Crippen LogP contribution in [-0.2, 0) is 17.5 Å². The molecule has 0 aliphatic carbocycles. The van der Waals surface area contributed by atoms with Crippen LogP contribution in [0.4, 0.5) is 0 Å². The monoisotopic (exact) mass is 537 g/mol. The van der Waals surface area contributed by atoms with E-state index >= 15 is 0 Å². The van der Waals surface area contributed by atoms with Crippen LogP contribution in [0.3, 0.4) is 0 Å². The van der Waals surface area contributed by atoms with Gasteiger partial charge in [-0.1, -0.05) is 142 Å². The van der Waals surface area contributed by atoms with Crippen LogP contribution >= 0.6 is 0 Å². The molecule has 0 aliphatic heterocycles. The van der Waals surface area contributed by atoms with Crippen molar-refractivity contribution in [2.24, 2.45) is 0 Å². The van der Waals surface area contributed by atoms with Crippen LogP contribution in [0.25, 0.3) is 0 Å². The molecule has 0 fully saturated rings. The van der Waals surface area contributed by atoms with Gasteiger partial charge in [-0.25, -0.2) is 0 Å². The maximum atomic E-state index is 11.7. The summed E-state index contributed by atoms with van der Waals surface area (Å²) in [7, 11) is -2.86. The van der Waals surface area contributed by atoms with Gasteiger partial charge in [0.15, 0.2) is 0 Å². The number of rotatable bonds is 11. The zero-order valence-corrected chi connectivity index (χ0v) is 25.0. The lowest BCUT2D eigenvalue weighted by atomic mass is 10.0. The maximum Gasteiger partial charge on any atom is 0.261 e. The van der Waals surface area contributed by atoms with Crippen LogP contribution in [-0.4, -0.2) is 36.6 Å². The van der Waals surface area contributed by atoms with Gasteiger partial charge in [-0.3, -0.25) is 4.90 Å². The van der Waals surface area contributed by atoms with Gasteiger partial charge in [0.2, 0.25) is 0 Å². The van der Waals surface area contributed by atoms with E-state index < -0.39 is 20.0 Å². The third-order valence-electron chi connectivity index (χ3n) is 7.45. The molecule has 0 spiro atoms. The topological polar surface area (TPSA) is 32.7 Å². The second kappa shape index (κ2) is 12.4. The highest BCUT2D eigenvalue weighted by molar-refractivity contribution is 6.99. The SMILES string of the molecule is CC(C)(O)C(CN(Cc1ccccc1)Cc1ccccc1)O[Si](c1ccccc1)(c1ccccc1)C(C)(C)C. The van der Waals surface area contributed by atoms with E-state index in [2.05, 4.69) is 147 Å². The van der Waals surface area contributed by atoms with Gasteiger partial charge in [-0.15, -0.1) is 0 Å². The Morgan fingerprint density at radius 3 is 1.31 bits per heavy atom. The minimum Gasteiger partial charge on any atom is -0.400 e. The van der Waals surface area contributed by atoms with Gasteiger partial charge in [-0.2, -0.15) is 0 Å². The van der Waals surface area contributed by atoms with Crippen LogP contribution in [0.15, 0.2) is 121 Å². The number of hydrogen-bond donors (Lipinski definition) is 1. The summed E-state index contributed by atoms with van der Waals surface area (Å²) in [5.41, 5.74) is 1.43. The van der Waals surface area contributed by atoms with Crippen LogP contribution in [0.1, 0.15) is 45.7 Å². The summed E-state index contributed by atoms with van der Waals surface area (Å²) in [6.45, 7) is 12.8. The second-order valence-corrected chi connectivity index (χ2v) is 16.3. The Morgan fingerprint density at radius 1 is 0.615 bits per heavy atom. The predicted octanol–water partition coefficient (Wildman–Crippen LogP) is 6.40. The number of nitrogens with zero attached hydrogens (tertiary/aromatic N) is 1. The summed E-state index contributed by atoms with van der Waals surface area (Å²) < 4.78 is 7.49. The first-order valence-electron chi connectivity index (χ1n) is 13.9. The first-order valence-corrected chi connectivity index (χ1v) is 15.8. The summed E-state index contributed by atoms with van der Waals surface area (Å²) >= 11 is 0. The highest BCUT2D eigenvalue weighted by Crippen LogP contribution is 2.39. The van der Waals surface area contributed by atoms with E-state index in [1.165, 1.54) is 21.5 Å². The van der Waals surface area contributed by atoms with E-state index in [-0.39, 0.29) is 5.04 Å². The zero-order chi connectivity index (χ0) is 27.9. The molecule has 4 aromatic rings. The summed E-state index contributed by atoms with van der Waals surface area (Å²) in [5.74, 6) is 0. The molecule has 1 atom stereocenters. The molecule has 1 N–H and O–H groups in total. The average Bonchev–Trinajstić information content (AvgIpc) is 2.92. The Bertz CT molecular complexity index is 1190. The molecule has 0 aliphatic rings. The van der Waals surface area contributed by atoms with Crippen LogP contribution < -0.4 is 10.4 Å². The Labute approximate surface area is 236 Å². The average molecular weight is 538 g/mol. The molecule has 0 saturated heterocycles. The predicted molar refractivity (Wildman–Crippen MR) is 166 cm³/mol. The zero-order valence-electron chi connectivity index (χ0n) is 24.0. The van der Waals surface area contributed by atoms with Crippen LogP contribution in [0, 0.1) is 0 Å². The lowest BCUT2D eigenvalue weighted by Crippen LogP contribution is -2.70. The molecule has 3 nitrogen and oxygen atoms in total. The van der Waals surface area contributed by atoms with Gasteiger partial charge in [0.1, 0.15) is 0 Å². The van der Waals surface area contributed by atoms with Crippen molar-refractivity contribution in [1.29, 1.82) is 0 Å². The Morgan fingerprint density at radius 2 is 0.974 bits per heavy atom. The molecule has 0 aromatic heterocycles. The van der Waals surface area contributed by atoms with Crippen molar-refractivity contribution in [3.8, 4) is 0 Å². The molecule has 4 heteroatoms. The maximum absolute atomic E-state index is 11.7. The molecule has 4 aromatic carbocycles. The first-order chi connectivity index (χ1) is 18.6. The van der Waals surface area contributed by atoms with Gasteiger partial charge < -0.3 is 9.53 Å². The fourth-order valence-corrected chi connectivity index (χ4v) is 10.2. The quantitative estimate of drug-likeness (QED) is 0.225. The molecular formula is C35H43NO2Si. The minimum atomic E-state index is -2.86. The Kier molecular flexibility index (Phi) is 9.24. The molecule has 204 valence electrons. The van der Waals surface area contributed by atoms with Crippen LogP contribution in [0.2, 0.25) is 5.04 Å². The lowest BCUT2D eigenvalue weighted by molar-refractivity contribution is -0.0548. The smallest absolute Gasteiger partial charge is 0.261 e. The summed E-state index contributed by atoms with van der Waals surface area (Å²) in [6, 6.07) is 42.5. The third-order valence-corrected chi connectivity index (χ3v) is 12.5. The molecule has 0 bridgehead atoms. The normalized spacial score (nSPS) is 13.4. The van der Waals surface area contributed by atoms with Gasteiger partial charge in [0.25, 0.3) is 8.32 Å². The van der Waals surface area contributed by atoms with Crippen molar-refractivity contribution in [1.82, 2.24) is 4.90 Å². The van der Waals surface area contributed by atoms with E-state index in [1.807, 2.05) is 13.8 Å². The van der Waals surface area contributed by atoms with Crippen molar-refractivity contribution < 1.29 is 9.53 Å². The largest absolute Gasteiger partial charge is 0.400 e. The Balaban J connectivity index is 1.78. The standard InChI is InChI=1S/C35H43NO2Si/c1-34(2,3)39(31-22-14-8-15-23-31,32-24-16-9-17-25-32)38-33(35(4,5)37)28-36(26-29-18-10-6-11-19-29)27-30-20-12-7-13-21-30/h6-25,33,37H,26-28H2,1-5H3. The van der Waals surface area contributed by atoms with Crippen LogP contribution in [0.5, 0.6) is 0 Å². The molecule has 0 heterocycles. The summed E-state index contributed by atoms with van der Waals surface area (Å²) in [5, 5.41) is 13.9. The molecule has 0 saturated carbocycles. The number of aliphatic hydroxyl groups is 1. The van der Waals surface area contributed by atoms with Gasteiger partial charge in [0, 0.05) is 19.6 Å². The highest BCUT2D eigenvalue weighted by Gasteiger charge is 2.53. The Hall–Kier alpha value is -3.02. The van der Waals surface area contributed by atoms with Crippen molar-refractivity contribution in [2.75, 3.05) is 6.54 Å². The molecule has 1 unspecified atom stereocenters. The van der Waals surface area contributed by atoms with E-state index in [0.29, 0.717) is 6.54 Å². The van der Waals surface area contributed by atoms with Gasteiger partial charge >= 0.3 is 0 Å². The number of benzene rings is 4. The molecule has 0 amide bonds. The highest BCUT2D eigenvalue weighted by atomic mass is 28.4. The fourth-order valence-electron chi connectivity index (χ4n) is 5.41. The minimum absolute atomic E-state index is 0.178. The van der Waals surface area contributed by atoms with Crippen molar-refractivity contribution in [3.05, 3.63) is 132 Å². The van der Waals surface area contributed by atoms with E-state index in [0.717, 1.165) is 13.1 Å². The van der Waals surface area contributed by atoms with Crippen molar-refractivity contribution >= 4 is 18.7 Å². The summed E-state index contributed by atoms with van der Waals surface area (Å²) in [6.07, 6.45) is -0.420. The van der Waals surface area contributed by atoms with Gasteiger partial charge in [0.05, 0.1) is 11.7 Å². The van der Waals surface area contributed by atoms with Crippen molar-refractivity contribution in [3.63, 3.8) is 0 Å².